The Morgan fingerprint density at radius 2 is 1.85 bits per heavy atom. The second-order valence-corrected chi connectivity index (χ2v) is 3.51. The number of carboxylic acid groups (broad SMARTS) is 1. The third-order valence-electron chi connectivity index (χ3n) is 1.89. The molecule has 0 radical (unpaired) electrons. The first-order chi connectivity index (χ1) is 9.40. The van der Waals surface area contributed by atoms with Crippen LogP contribution in [-0.4, -0.2) is 65.0 Å². The summed E-state index contributed by atoms with van der Waals surface area (Å²) in [6.45, 7) is 4.51. The summed E-state index contributed by atoms with van der Waals surface area (Å²) in [4.78, 5) is 20.5. The van der Waals surface area contributed by atoms with Crippen molar-refractivity contribution in [3.63, 3.8) is 0 Å². The maximum Gasteiger partial charge on any atom is 0.349 e. The number of quaternary nitrogens is 1. The molecule has 0 aliphatic heterocycles. The van der Waals surface area contributed by atoms with Gasteiger partial charge in [0.1, 0.15) is 11.4 Å². The number of aliphatic carboxylic acids is 1. The fraction of sp³-hybridized carbons (Fsp3) is 0.600. The summed E-state index contributed by atoms with van der Waals surface area (Å²) in [5.74, 6) is -1.64. The third kappa shape index (κ3) is 12.3. The van der Waals surface area contributed by atoms with Crippen molar-refractivity contribution in [3.05, 3.63) is 5.21 Å². The molecule has 10 nitrogen and oxygen atoms in total. The number of oxime groups is 1. The molecule has 0 heterocycles. The van der Waals surface area contributed by atoms with Crippen LogP contribution in [-0.2, 0) is 9.59 Å². The lowest BCUT2D eigenvalue weighted by Crippen LogP contribution is -2.86. The Morgan fingerprint density at radius 1 is 1.25 bits per heavy atom. The minimum Gasteiger partial charge on any atom is -0.792 e. The van der Waals surface area contributed by atoms with Crippen LogP contribution in [0.3, 0.4) is 0 Å². The number of nitrogens with zero attached hydrogens (tertiary/aromatic N) is 2. The number of aliphatic hydroxyl groups is 1. The maximum absolute atomic E-state index is 10.9. The van der Waals surface area contributed by atoms with E-state index in [1.165, 1.54) is 6.92 Å². The molecule has 20 heavy (non-hydrogen) atoms. The van der Waals surface area contributed by atoms with Gasteiger partial charge >= 0.3 is 5.97 Å². The highest BCUT2D eigenvalue weighted by molar-refractivity contribution is 6.37. The highest BCUT2D eigenvalue weighted by atomic mass is 16.4. The fourth-order valence-corrected chi connectivity index (χ4v) is 0.736. The Balaban J connectivity index is 0. The number of nitrogens with two attached hydrogens (primary N) is 1. The summed E-state index contributed by atoms with van der Waals surface area (Å²) in [6, 6.07) is 0. The van der Waals surface area contributed by atoms with Gasteiger partial charge in [0.2, 0.25) is 0 Å². The van der Waals surface area contributed by atoms with E-state index in [0.29, 0.717) is 19.6 Å². The van der Waals surface area contributed by atoms with E-state index in [1.807, 2.05) is 5.32 Å². The SMILES string of the molecule is C/C(=N\O)C(=O)NCC[NH2+]CCO.C/C(=N\[O-])C(=O)O. The number of aliphatic hydroxyl groups excluding tert-OH is 1. The zero-order valence-electron chi connectivity index (χ0n) is 11.4. The molecule has 0 bridgehead atoms. The van der Waals surface area contributed by atoms with Gasteiger partial charge in [-0.15, -0.1) is 0 Å². The third-order valence-corrected chi connectivity index (χ3v) is 1.89. The Morgan fingerprint density at radius 3 is 2.20 bits per heavy atom. The molecule has 1 amide bonds. The molecule has 0 spiro atoms. The Labute approximate surface area is 115 Å². The van der Waals surface area contributed by atoms with Crippen molar-refractivity contribution < 1.29 is 30.3 Å². The second kappa shape index (κ2) is 13.2. The van der Waals surface area contributed by atoms with E-state index in [0.717, 1.165) is 6.92 Å². The number of hydrogen-bond donors (Lipinski definition) is 5. The molecular weight excluding hydrogens is 272 g/mol. The maximum atomic E-state index is 10.9. The highest BCUT2D eigenvalue weighted by Crippen LogP contribution is 1.73. The second-order valence-electron chi connectivity index (χ2n) is 3.51. The zero-order valence-corrected chi connectivity index (χ0v) is 11.4. The van der Waals surface area contributed by atoms with Crippen molar-refractivity contribution >= 4 is 23.3 Å². The molecule has 0 rings (SSSR count). The van der Waals surface area contributed by atoms with Gasteiger partial charge in [-0.1, -0.05) is 5.16 Å². The average molecular weight is 292 g/mol. The van der Waals surface area contributed by atoms with E-state index in [1.54, 1.807) is 0 Å². The molecule has 0 unspecified atom stereocenters. The Bertz CT molecular complexity index is 356. The lowest BCUT2D eigenvalue weighted by Gasteiger charge is -2.02. The molecule has 0 aromatic carbocycles. The molecule has 10 heteroatoms. The van der Waals surface area contributed by atoms with Crippen molar-refractivity contribution in [2.75, 3.05) is 26.2 Å². The molecule has 0 saturated carbocycles. The van der Waals surface area contributed by atoms with Gasteiger partial charge in [-0.3, -0.25) is 4.79 Å². The van der Waals surface area contributed by atoms with Crippen molar-refractivity contribution in [3.8, 4) is 0 Å². The smallest absolute Gasteiger partial charge is 0.349 e. The van der Waals surface area contributed by atoms with E-state index >= 15 is 0 Å². The lowest BCUT2D eigenvalue weighted by atomic mass is 10.4. The first-order valence-corrected chi connectivity index (χ1v) is 5.70. The number of rotatable bonds is 7. The Kier molecular flexibility index (Phi) is 13.3. The van der Waals surface area contributed by atoms with Gasteiger partial charge in [0.05, 0.1) is 26.2 Å². The normalized spacial score (nSPS) is 11.3. The van der Waals surface area contributed by atoms with E-state index < -0.39 is 11.7 Å². The number of amides is 1. The van der Waals surface area contributed by atoms with E-state index in [2.05, 4.69) is 15.6 Å². The minimum absolute atomic E-state index is 0.0437. The molecule has 0 aromatic rings. The van der Waals surface area contributed by atoms with Crippen molar-refractivity contribution in [1.82, 2.24) is 5.32 Å². The van der Waals surface area contributed by atoms with Crippen LogP contribution in [0.15, 0.2) is 10.3 Å². The lowest BCUT2D eigenvalue weighted by molar-refractivity contribution is -0.654. The first kappa shape index (κ1) is 20.1. The molecule has 0 aromatic heterocycles. The molecular formula is C10H20N4O6. The van der Waals surface area contributed by atoms with Gasteiger partial charge in [-0.2, -0.15) is 0 Å². The van der Waals surface area contributed by atoms with Crippen LogP contribution in [0.25, 0.3) is 0 Å². The predicted molar refractivity (Wildman–Crippen MR) is 70.8 cm³/mol. The van der Waals surface area contributed by atoms with Gasteiger partial charge in [0.15, 0.2) is 0 Å². The van der Waals surface area contributed by atoms with E-state index in [4.69, 9.17) is 15.4 Å². The van der Waals surface area contributed by atoms with Gasteiger partial charge in [-0.25, -0.2) is 4.79 Å². The van der Waals surface area contributed by atoms with Crippen LogP contribution in [0, 0.1) is 5.21 Å². The van der Waals surface area contributed by atoms with Crippen LogP contribution in [0.1, 0.15) is 13.8 Å². The number of carboxylic acids is 1. The van der Waals surface area contributed by atoms with Gasteiger partial charge in [0, 0.05) is 0 Å². The largest absolute Gasteiger partial charge is 0.792 e. The Hall–Kier alpha value is -2.20. The summed E-state index contributed by atoms with van der Waals surface area (Å²) < 4.78 is 0. The number of carbonyl (C=O) groups excluding carboxylic acids is 1. The van der Waals surface area contributed by atoms with E-state index in [-0.39, 0.29) is 18.2 Å². The molecule has 6 N–H and O–H groups in total. The molecule has 0 saturated heterocycles. The van der Waals surface area contributed by atoms with Gasteiger partial charge < -0.3 is 36.4 Å². The van der Waals surface area contributed by atoms with Crippen LogP contribution in [0.2, 0.25) is 0 Å². The van der Waals surface area contributed by atoms with Crippen LogP contribution in [0.5, 0.6) is 0 Å². The molecule has 0 fully saturated rings. The standard InChI is InChI=1S/C7H15N3O3.C3H5NO3/c1-6(10-13)7(12)9-3-2-8-4-5-11;1-2(4-7)3(5)6/h8,11,13H,2-5H2,1H3,(H,9,12);7H,1H3,(H,5,6)/b10-6+;4-2+. The number of hydrogen-bond acceptors (Lipinski definition) is 7. The van der Waals surface area contributed by atoms with Crippen molar-refractivity contribution in [2.24, 2.45) is 10.3 Å². The van der Waals surface area contributed by atoms with Crippen LogP contribution in [0.4, 0.5) is 0 Å². The number of nitrogens with one attached hydrogen (secondary N) is 1. The molecule has 0 aliphatic rings. The monoisotopic (exact) mass is 292 g/mol. The van der Waals surface area contributed by atoms with Crippen molar-refractivity contribution in [2.45, 2.75) is 13.8 Å². The molecule has 0 aliphatic carbocycles. The fourth-order valence-electron chi connectivity index (χ4n) is 0.736. The highest BCUT2D eigenvalue weighted by Gasteiger charge is 2.04. The zero-order chi connectivity index (χ0) is 16.0. The average Bonchev–Trinajstić information content (AvgIpc) is 2.45. The summed E-state index contributed by atoms with van der Waals surface area (Å²) in [5, 5.41) is 43.1. The predicted octanol–water partition coefficient (Wildman–Crippen LogP) is -2.46. The summed E-state index contributed by atoms with van der Waals surface area (Å²) in [7, 11) is 0. The molecule has 116 valence electrons. The minimum atomic E-state index is -1.27. The van der Waals surface area contributed by atoms with Crippen LogP contribution >= 0.6 is 0 Å². The first-order valence-electron chi connectivity index (χ1n) is 5.70. The topological polar surface area (TPSA) is 171 Å². The van der Waals surface area contributed by atoms with E-state index in [9.17, 15) is 14.8 Å². The summed E-state index contributed by atoms with van der Waals surface area (Å²) in [6.07, 6.45) is 0. The van der Waals surface area contributed by atoms with Gasteiger partial charge in [0.25, 0.3) is 5.91 Å². The van der Waals surface area contributed by atoms with Crippen molar-refractivity contribution in [1.29, 1.82) is 0 Å². The van der Waals surface area contributed by atoms with Crippen LogP contribution < -0.4 is 10.6 Å². The quantitative estimate of drug-likeness (QED) is 0.151. The number of carbonyl (C=O) groups is 2. The summed E-state index contributed by atoms with van der Waals surface area (Å²) >= 11 is 0. The summed E-state index contributed by atoms with van der Waals surface area (Å²) in [5.41, 5.74) is -0.373. The van der Waals surface area contributed by atoms with Gasteiger partial charge in [-0.05, 0) is 13.8 Å². The molecule has 0 atom stereocenters.